The number of benzene rings is 4. The van der Waals surface area contributed by atoms with Gasteiger partial charge >= 0.3 is 282 Å². The van der Waals surface area contributed by atoms with E-state index in [1.807, 2.05) is 0 Å². The average molecular weight is 741 g/mol. The largest absolute Gasteiger partial charge is 1.00 e. The molecule has 0 saturated carbocycles. The normalized spacial score (nSPS) is 15.7. The summed E-state index contributed by atoms with van der Waals surface area (Å²) in [6.45, 7) is 23.8. The Bertz CT molecular complexity index is 1740. The molecule has 0 amide bonds. The minimum absolute atomic E-state index is 0. The van der Waals surface area contributed by atoms with Crippen molar-refractivity contribution in [1.82, 2.24) is 0 Å². The fraction of sp³-hybridized carbons (Fsp3) is 0.341. The van der Waals surface area contributed by atoms with Gasteiger partial charge in [-0.1, -0.05) is 0 Å². The van der Waals surface area contributed by atoms with E-state index in [2.05, 4.69) is 172 Å². The molecule has 0 nitrogen and oxygen atoms in total. The zero-order chi connectivity index (χ0) is 32.3. The van der Waals surface area contributed by atoms with E-state index in [-0.39, 0.29) is 35.6 Å². The van der Waals surface area contributed by atoms with Gasteiger partial charge in [0, 0.05) is 0 Å². The Labute approximate surface area is 304 Å². The predicted octanol–water partition coefficient (Wildman–Crippen LogP) is 5.75. The second-order valence-electron chi connectivity index (χ2n) is 15.7. The van der Waals surface area contributed by atoms with E-state index in [0.29, 0.717) is 15.5 Å². The third-order valence-electron chi connectivity index (χ3n) is 10.1. The van der Waals surface area contributed by atoms with E-state index in [9.17, 15) is 0 Å². The van der Waals surface area contributed by atoms with Gasteiger partial charge < -0.3 is 24.8 Å². The van der Waals surface area contributed by atoms with E-state index >= 15 is 0 Å². The van der Waals surface area contributed by atoms with Crippen LogP contribution in [0.5, 0.6) is 0 Å². The van der Waals surface area contributed by atoms with Crippen LogP contribution in [-0.2, 0) is 32.1 Å². The van der Waals surface area contributed by atoms with Gasteiger partial charge in [-0.15, -0.1) is 0 Å². The molecule has 0 heterocycles. The average Bonchev–Trinajstić information content (AvgIpc) is 3.48. The molecular formula is C44H50Cl2Zr. The molecule has 0 spiro atoms. The van der Waals surface area contributed by atoms with Crippen molar-refractivity contribution in [1.29, 1.82) is 0 Å². The molecule has 1 atom stereocenters. The Hall–Kier alpha value is -2.31. The van der Waals surface area contributed by atoms with Gasteiger partial charge in [0.15, 0.2) is 0 Å². The first-order valence-corrected chi connectivity index (χ1v) is 20.7. The van der Waals surface area contributed by atoms with E-state index in [1.165, 1.54) is 33.4 Å². The van der Waals surface area contributed by atoms with Crippen molar-refractivity contribution in [3.63, 3.8) is 0 Å². The van der Waals surface area contributed by atoms with Crippen molar-refractivity contribution in [2.45, 2.75) is 83.7 Å². The smallest absolute Gasteiger partial charge is 1.00 e. The minimum Gasteiger partial charge on any atom is -1.00 e. The van der Waals surface area contributed by atoms with Crippen molar-refractivity contribution < 1.29 is 46.1 Å². The standard InChI is InChI=1S/C21H25.C13H10.C10H15.2ClH.Zr/c1-20(2,3)16-7-9-18-14(12-16)11-15-13-17(21(4,5)6)8-10-19(15)18;1-3-7-12(8-4-1)11-13-9-5-2-6-10-13;1-7(2)10-6-8(3)5-9(10)4;;;/h7-13H,1-6H3;1-10H;6-8H,1-4H3;2*1H;/q;;;;;+2/p-2. The molecule has 0 saturated heterocycles. The van der Waals surface area contributed by atoms with Crippen molar-refractivity contribution in [3.05, 3.63) is 151 Å². The fourth-order valence-electron chi connectivity index (χ4n) is 7.67. The number of hydrogen-bond donors (Lipinski definition) is 0. The number of hydrogen-bond acceptors (Lipinski definition) is 0. The monoisotopic (exact) mass is 738 g/mol. The summed E-state index contributed by atoms with van der Waals surface area (Å²) in [5.41, 5.74) is 15.0. The quantitative estimate of drug-likeness (QED) is 0.245. The maximum Gasteiger partial charge on any atom is -1.00 e. The summed E-state index contributed by atoms with van der Waals surface area (Å²) < 4.78 is 3.80. The Balaban J connectivity index is 0.00000250. The molecular weight excluding hydrogens is 691 g/mol. The van der Waals surface area contributed by atoms with E-state index in [0.717, 1.165) is 0 Å². The molecule has 4 aromatic rings. The van der Waals surface area contributed by atoms with E-state index < -0.39 is 21.3 Å². The van der Waals surface area contributed by atoms with Crippen LogP contribution in [0.25, 0.3) is 11.1 Å². The van der Waals surface area contributed by atoms with Crippen LogP contribution in [-0.4, -0.2) is 3.21 Å². The van der Waals surface area contributed by atoms with Crippen LogP contribution < -0.4 is 24.8 Å². The molecule has 3 heteroatoms. The van der Waals surface area contributed by atoms with Gasteiger partial charge in [-0.2, -0.15) is 0 Å². The molecule has 0 aliphatic heterocycles. The van der Waals surface area contributed by atoms with Crippen molar-refractivity contribution in [2.24, 2.45) is 11.8 Å². The zero-order valence-corrected chi connectivity index (χ0v) is 33.8. The van der Waals surface area contributed by atoms with Gasteiger partial charge in [0.05, 0.1) is 0 Å². The van der Waals surface area contributed by atoms with Gasteiger partial charge in [0.1, 0.15) is 0 Å². The Morgan fingerprint density at radius 3 is 1.43 bits per heavy atom. The van der Waals surface area contributed by atoms with Gasteiger partial charge in [0.2, 0.25) is 0 Å². The fourth-order valence-corrected chi connectivity index (χ4v) is 17.6. The number of fused-ring (bicyclic) bond motifs is 3. The number of allylic oxidation sites excluding steroid dienone is 4. The van der Waals surface area contributed by atoms with Crippen LogP contribution >= 0.6 is 0 Å². The second kappa shape index (κ2) is 14.3. The molecule has 0 N–H and O–H groups in total. The Morgan fingerprint density at radius 2 is 1.06 bits per heavy atom. The third kappa shape index (κ3) is 7.06. The molecule has 2 aliphatic rings. The summed E-state index contributed by atoms with van der Waals surface area (Å²) >= 11 is -2.88. The van der Waals surface area contributed by atoms with Gasteiger partial charge in [0.25, 0.3) is 0 Å². The first kappa shape index (κ1) is 37.5. The van der Waals surface area contributed by atoms with Gasteiger partial charge in [-0.25, -0.2) is 0 Å². The van der Waals surface area contributed by atoms with Gasteiger partial charge in [-0.3, -0.25) is 0 Å². The van der Waals surface area contributed by atoms with Crippen LogP contribution in [0.4, 0.5) is 0 Å². The van der Waals surface area contributed by atoms with Gasteiger partial charge in [-0.05, 0) is 0 Å². The summed E-state index contributed by atoms with van der Waals surface area (Å²) in [4.78, 5) is 0. The molecule has 47 heavy (non-hydrogen) atoms. The van der Waals surface area contributed by atoms with E-state index in [4.69, 9.17) is 0 Å². The predicted molar refractivity (Wildman–Crippen MR) is 192 cm³/mol. The zero-order valence-electron chi connectivity index (χ0n) is 29.8. The molecule has 244 valence electrons. The second-order valence-corrected chi connectivity index (χ2v) is 21.7. The van der Waals surface area contributed by atoms with Crippen molar-refractivity contribution in [2.75, 3.05) is 0 Å². The molecule has 1 unspecified atom stereocenters. The first-order valence-electron chi connectivity index (χ1n) is 16.8. The van der Waals surface area contributed by atoms with Crippen LogP contribution in [0.2, 0.25) is 0 Å². The maximum absolute atomic E-state index is 2.88. The Kier molecular flexibility index (Phi) is 11.4. The van der Waals surface area contributed by atoms with Crippen molar-refractivity contribution >= 4 is 3.21 Å². The molecule has 0 bridgehead atoms. The van der Waals surface area contributed by atoms with Crippen LogP contribution in [0.3, 0.4) is 0 Å². The Morgan fingerprint density at radius 1 is 0.638 bits per heavy atom. The van der Waals surface area contributed by atoms with E-state index in [1.54, 1.807) is 28.8 Å². The van der Waals surface area contributed by atoms with Crippen LogP contribution in [0.1, 0.15) is 106 Å². The summed E-state index contributed by atoms with van der Waals surface area (Å²) in [5.74, 6) is 0.970. The molecule has 4 aromatic carbocycles. The van der Waals surface area contributed by atoms with Crippen molar-refractivity contribution in [3.8, 4) is 11.1 Å². The summed E-state index contributed by atoms with van der Waals surface area (Å²) in [6, 6.07) is 37.7. The SMILES string of the molecule is CC1=[C]([Zr+2](=[C](c2ccccc2)c2ccccc2)[CH]2c3cc(C(C)(C)C)ccc3-c3ccc(C(C)(C)C)cc32)C(C)C=C1C(C)C.[Cl-].[Cl-]. The van der Waals surface area contributed by atoms with Crippen LogP contribution in [0.15, 0.2) is 118 Å². The summed E-state index contributed by atoms with van der Waals surface area (Å²) in [7, 11) is 0. The minimum atomic E-state index is -2.88. The number of halogens is 2. The first-order chi connectivity index (χ1) is 21.3. The molecule has 2 aliphatic carbocycles. The molecule has 0 fully saturated rings. The number of rotatable bonds is 5. The maximum atomic E-state index is 2.61. The molecule has 0 aromatic heterocycles. The van der Waals surface area contributed by atoms with Crippen LogP contribution in [0, 0.1) is 11.8 Å². The summed E-state index contributed by atoms with van der Waals surface area (Å²) in [5, 5.41) is 0. The molecule has 0 radical (unpaired) electrons. The third-order valence-corrected chi connectivity index (χ3v) is 19.2. The topological polar surface area (TPSA) is 0 Å². The molecule has 6 rings (SSSR count). The summed E-state index contributed by atoms with van der Waals surface area (Å²) in [6.07, 6.45) is 2.61.